The second-order valence-electron chi connectivity index (χ2n) is 4.53. The molecule has 0 atom stereocenters. The third kappa shape index (κ3) is 3.32. The molecular weight excluding hydrogens is 310 g/mol. The number of amides is 2. The van der Waals surface area contributed by atoms with Crippen molar-refractivity contribution in [2.45, 2.75) is 12.8 Å². The van der Waals surface area contributed by atoms with Gasteiger partial charge in [-0.05, 0) is 40.9 Å². The zero-order valence-corrected chi connectivity index (χ0v) is 12.3. The van der Waals surface area contributed by atoms with Crippen LogP contribution in [0.1, 0.15) is 23.3 Å². The number of nitrogens with one attached hydrogen (secondary N) is 1. The molecule has 0 spiro atoms. The monoisotopic (exact) mass is 325 g/mol. The van der Waals surface area contributed by atoms with Gasteiger partial charge in [0.2, 0.25) is 5.91 Å². The molecule has 0 aliphatic carbocycles. The van der Waals surface area contributed by atoms with Crippen LogP contribution in [0, 0.1) is 5.92 Å². The smallest absolute Gasteiger partial charge is 0.272 e. The van der Waals surface area contributed by atoms with E-state index in [0.717, 1.165) is 0 Å². The van der Waals surface area contributed by atoms with E-state index in [4.69, 9.17) is 0 Å². The number of aromatic nitrogens is 1. The van der Waals surface area contributed by atoms with E-state index in [2.05, 4.69) is 26.2 Å². The Kier molecular flexibility index (Phi) is 4.52. The summed E-state index contributed by atoms with van der Waals surface area (Å²) in [7, 11) is 1.64. The lowest BCUT2D eigenvalue weighted by Gasteiger charge is -2.30. The highest BCUT2D eigenvalue weighted by Gasteiger charge is 2.27. The van der Waals surface area contributed by atoms with Crippen LogP contribution >= 0.6 is 15.9 Å². The van der Waals surface area contributed by atoms with Gasteiger partial charge in [-0.25, -0.2) is 4.98 Å². The van der Waals surface area contributed by atoms with Crippen molar-refractivity contribution >= 4 is 27.7 Å². The molecule has 0 bridgehead atoms. The van der Waals surface area contributed by atoms with Gasteiger partial charge < -0.3 is 10.2 Å². The maximum atomic E-state index is 12.2. The molecule has 0 saturated carbocycles. The van der Waals surface area contributed by atoms with Crippen LogP contribution in [0.5, 0.6) is 0 Å². The van der Waals surface area contributed by atoms with Crippen LogP contribution < -0.4 is 5.32 Å². The van der Waals surface area contributed by atoms with Crippen LogP contribution in [-0.2, 0) is 4.79 Å². The summed E-state index contributed by atoms with van der Waals surface area (Å²) in [6.07, 6.45) is 1.42. The lowest BCUT2D eigenvalue weighted by atomic mass is 9.96. The van der Waals surface area contributed by atoms with Crippen LogP contribution in [0.15, 0.2) is 22.8 Å². The summed E-state index contributed by atoms with van der Waals surface area (Å²) < 4.78 is 0.651. The Hall–Kier alpha value is -1.43. The van der Waals surface area contributed by atoms with Crippen LogP contribution in [0.4, 0.5) is 0 Å². The van der Waals surface area contributed by atoms with Crippen molar-refractivity contribution in [1.82, 2.24) is 15.2 Å². The quantitative estimate of drug-likeness (QED) is 0.837. The maximum Gasteiger partial charge on any atom is 0.272 e. The topological polar surface area (TPSA) is 62.3 Å². The summed E-state index contributed by atoms with van der Waals surface area (Å²) in [6.45, 7) is 1.20. The van der Waals surface area contributed by atoms with Crippen LogP contribution in [0.2, 0.25) is 0 Å². The molecule has 19 heavy (non-hydrogen) atoms. The van der Waals surface area contributed by atoms with Crippen LogP contribution in [-0.4, -0.2) is 41.8 Å². The van der Waals surface area contributed by atoms with E-state index < -0.39 is 0 Å². The largest absolute Gasteiger partial charge is 0.359 e. The van der Waals surface area contributed by atoms with Crippen molar-refractivity contribution in [3.05, 3.63) is 28.5 Å². The molecule has 1 aliphatic rings. The van der Waals surface area contributed by atoms with Crippen molar-refractivity contribution in [3.8, 4) is 0 Å². The van der Waals surface area contributed by atoms with Gasteiger partial charge in [-0.15, -0.1) is 0 Å². The fraction of sp³-hybridized carbons (Fsp3) is 0.462. The fourth-order valence-electron chi connectivity index (χ4n) is 2.24. The van der Waals surface area contributed by atoms with E-state index in [1.807, 2.05) is 0 Å². The van der Waals surface area contributed by atoms with Crippen LogP contribution in [0.3, 0.4) is 0 Å². The molecule has 1 aromatic rings. The lowest BCUT2D eigenvalue weighted by molar-refractivity contribution is -0.125. The van der Waals surface area contributed by atoms with Crippen molar-refractivity contribution in [1.29, 1.82) is 0 Å². The second kappa shape index (κ2) is 6.14. The van der Waals surface area contributed by atoms with E-state index in [0.29, 0.717) is 36.2 Å². The number of piperidine rings is 1. The minimum Gasteiger partial charge on any atom is -0.359 e. The summed E-state index contributed by atoms with van der Waals surface area (Å²) >= 11 is 3.26. The summed E-state index contributed by atoms with van der Waals surface area (Å²) in [5.74, 6) is 0.00820. The molecular formula is C13H16BrN3O2. The highest BCUT2D eigenvalue weighted by atomic mass is 79.9. The molecule has 102 valence electrons. The fourth-order valence-corrected chi connectivity index (χ4v) is 2.58. The van der Waals surface area contributed by atoms with Crippen molar-refractivity contribution < 1.29 is 9.59 Å². The molecule has 5 nitrogen and oxygen atoms in total. The predicted octanol–water partition coefficient (Wildman–Crippen LogP) is 1.44. The van der Waals surface area contributed by atoms with Gasteiger partial charge in [-0.3, -0.25) is 9.59 Å². The normalized spacial score (nSPS) is 16.2. The Balaban J connectivity index is 1.98. The van der Waals surface area contributed by atoms with Gasteiger partial charge >= 0.3 is 0 Å². The average molecular weight is 326 g/mol. The summed E-state index contributed by atoms with van der Waals surface area (Å²) in [4.78, 5) is 29.7. The minimum absolute atomic E-state index is 0.0181. The zero-order valence-electron chi connectivity index (χ0n) is 10.7. The molecule has 1 aliphatic heterocycles. The van der Waals surface area contributed by atoms with Crippen LogP contribution in [0.25, 0.3) is 0 Å². The SMILES string of the molecule is CNC(=O)C1CCN(C(=O)c2cccc(Br)n2)CC1. The van der Waals surface area contributed by atoms with E-state index in [1.165, 1.54) is 0 Å². The number of carbonyl (C=O) groups excluding carboxylic acids is 2. The highest BCUT2D eigenvalue weighted by Crippen LogP contribution is 2.19. The molecule has 2 amide bonds. The minimum atomic E-state index is -0.0725. The highest BCUT2D eigenvalue weighted by molar-refractivity contribution is 9.10. The molecule has 0 aromatic carbocycles. The Morgan fingerprint density at radius 1 is 1.37 bits per heavy atom. The van der Waals surface area contributed by atoms with Gasteiger partial charge in [0, 0.05) is 26.1 Å². The summed E-state index contributed by atoms with van der Waals surface area (Å²) in [6, 6.07) is 5.29. The molecule has 0 unspecified atom stereocenters. The number of halogens is 1. The molecule has 2 heterocycles. The number of nitrogens with zero attached hydrogens (tertiary/aromatic N) is 2. The molecule has 0 radical (unpaired) electrons. The van der Waals surface area contributed by atoms with E-state index in [-0.39, 0.29) is 17.7 Å². The van der Waals surface area contributed by atoms with Gasteiger partial charge in [0.1, 0.15) is 10.3 Å². The molecule has 1 fully saturated rings. The number of carbonyl (C=O) groups is 2. The number of likely N-dealkylation sites (tertiary alicyclic amines) is 1. The molecule has 2 rings (SSSR count). The van der Waals surface area contributed by atoms with Gasteiger partial charge in [0.25, 0.3) is 5.91 Å². The summed E-state index contributed by atoms with van der Waals surface area (Å²) in [5, 5.41) is 2.66. The first-order valence-electron chi connectivity index (χ1n) is 6.25. The lowest BCUT2D eigenvalue weighted by Crippen LogP contribution is -2.42. The number of hydrogen-bond acceptors (Lipinski definition) is 3. The van der Waals surface area contributed by atoms with Gasteiger partial charge in [-0.1, -0.05) is 6.07 Å². The van der Waals surface area contributed by atoms with Crippen molar-refractivity contribution in [2.24, 2.45) is 5.92 Å². The second-order valence-corrected chi connectivity index (χ2v) is 5.34. The van der Waals surface area contributed by atoms with Gasteiger partial charge in [0.05, 0.1) is 0 Å². The molecule has 6 heteroatoms. The molecule has 1 saturated heterocycles. The first-order chi connectivity index (χ1) is 9.11. The first-order valence-corrected chi connectivity index (χ1v) is 7.04. The van der Waals surface area contributed by atoms with Crippen molar-refractivity contribution in [3.63, 3.8) is 0 Å². The number of hydrogen-bond donors (Lipinski definition) is 1. The zero-order chi connectivity index (χ0) is 13.8. The maximum absolute atomic E-state index is 12.2. The standard InChI is InChI=1S/C13H16BrN3O2/c1-15-12(18)9-5-7-17(8-6-9)13(19)10-3-2-4-11(14)16-10/h2-4,9H,5-8H2,1H3,(H,15,18). The Morgan fingerprint density at radius 3 is 2.63 bits per heavy atom. The first kappa shape index (κ1) is 14.0. The Bertz CT molecular complexity index is 485. The number of rotatable bonds is 2. The number of pyridine rings is 1. The third-order valence-corrected chi connectivity index (χ3v) is 3.78. The van der Waals surface area contributed by atoms with E-state index in [9.17, 15) is 9.59 Å². The van der Waals surface area contributed by atoms with Gasteiger partial charge in [0.15, 0.2) is 0 Å². The van der Waals surface area contributed by atoms with Crippen molar-refractivity contribution in [2.75, 3.05) is 20.1 Å². The molecule has 1 aromatic heterocycles. The summed E-state index contributed by atoms with van der Waals surface area (Å²) in [5.41, 5.74) is 0.438. The third-order valence-electron chi connectivity index (χ3n) is 3.33. The Morgan fingerprint density at radius 2 is 2.05 bits per heavy atom. The predicted molar refractivity (Wildman–Crippen MR) is 74.6 cm³/mol. The van der Waals surface area contributed by atoms with E-state index >= 15 is 0 Å². The average Bonchev–Trinajstić information content (AvgIpc) is 2.46. The Labute approximate surface area is 120 Å². The molecule has 1 N–H and O–H groups in total. The van der Waals surface area contributed by atoms with E-state index in [1.54, 1.807) is 30.1 Å². The van der Waals surface area contributed by atoms with Gasteiger partial charge in [-0.2, -0.15) is 0 Å².